The minimum Gasteiger partial charge on any atom is -0.337 e. The van der Waals surface area contributed by atoms with E-state index in [4.69, 9.17) is 0 Å². The number of amides is 2. The van der Waals surface area contributed by atoms with Crippen molar-refractivity contribution in [2.45, 2.75) is 65.7 Å². The molecule has 2 amide bonds. The Morgan fingerprint density at radius 1 is 1.02 bits per heavy atom. The molecule has 5 heterocycles. The van der Waals surface area contributed by atoms with Gasteiger partial charge in [-0.25, -0.2) is 19.9 Å². The van der Waals surface area contributed by atoms with E-state index in [2.05, 4.69) is 46.3 Å². The number of aromatic nitrogens is 7. The summed E-state index contributed by atoms with van der Waals surface area (Å²) in [4.78, 5) is 59.9. The summed E-state index contributed by atoms with van der Waals surface area (Å²) in [7, 11) is 0. The third-order valence-corrected chi connectivity index (χ3v) is 9.50. The van der Waals surface area contributed by atoms with Crippen LogP contribution in [0.15, 0.2) is 59.9 Å². The van der Waals surface area contributed by atoms with Crippen molar-refractivity contribution in [3.05, 3.63) is 82.6 Å². The van der Waals surface area contributed by atoms with E-state index in [1.165, 1.54) is 6.92 Å². The second-order valence-corrected chi connectivity index (χ2v) is 13.2. The number of benzene rings is 1. The first-order valence-electron chi connectivity index (χ1n) is 15.1. The van der Waals surface area contributed by atoms with Gasteiger partial charge in [0.1, 0.15) is 34.5 Å². The van der Waals surface area contributed by atoms with E-state index in [1.807, 2.05) is 61.9 Å². The smallest absolute Gasteiger partial charge is 0.248 e. The maximum atomic E-state index is 14.2. The quantitative estimate of drug-likeness (QED) is 0.184. The molecular weight excluding hydrogens is 650 g/mol. The number of nitrogens with zero attached hydrogens (tertiary/aromatic N) is 8. The number of fused-ring (bicyclic) bond motifs is 2. The largest absolute Gasteiger partial charge is 0.337 e. The molecule has 0 spiro atoms. The van der Waals surface area contributed by atoms with Crippen molar-refractivity contribution < 1.29 is 14.4 Å². The zero-order chi connectivity index (χ0) is 32.3. The van der Waals surface area contributed by atoms with Crippen LogP contribution in [0.5, 0.6) is 0 Å². The van der Waals surface area contributed by atoms with Crippen molar-refractivity contribution in [1.29, 1.82) is 0 Å². The molecule has 12 nitrogen and oxygen atoms in total. The highest BCUT2D eigenvalue weighted by Gasteiger charge is 2.67. The van der Waals surface area contributed by atoms with Crippen LogP contribution in [0.3, 0.4) is 0 Å². The molecule has 1 aliphatic carbocycles. The minimum atomic E-state index is -0.696. The van der Waals surface area contributed by atoms with E-state index < -0.39 is 6.04 Å². The molecule has 5 aromatic rings. The zero-order valence-corrected chi connectivity index (χ0v) is 27.4. The molecule has 13 heteroatoms. The van der Waals surface area contributed by atoms with Crippen molar-refractivity contribution in [1.82, 2.24) is 39.2 Å². The summed E-state index contributed by atoms with van der Waals surface area (Å²) in [5, 5.41) is 8.21. The number of hydrogen-bond donors (Lipinski definition) is 1. The lowest BCUT2D eigenvalue weighted by Gasteiger charge is -2.27. The molecule has 1 aromatic carbocycles. The van der Waals surface area contributed by atoms with Crippen LogP contribution in [0.4, 0.5) is 5.82 Å². The van der Waals surface area contributed by atoms with Gasteiger partial charge in [-0.05, 0) is 78.9 Å². The number of halogens is 1. The van der Waals surface area contributed by atoms with Crippen LogP contribution in [-0.4, -0.2) is 68.9 Å². The Kier molecular flexibility index (Phi) is 7.30. The molecule has 2 fully saturated rings. The number of ketones is 1. The van der Waals surface area contributed by atoms with Crippen LogP contribution >= 0.6 is 15.9 Å². The summed E-state index contributed by atoms with van der Waals surface area (Å²) in [6.45, 7) is 7.63. The summed E-state index contributed by atoms with van der Waals surface area (Å²) in [6, 6.07) is 8.52. The highest BCUT2D eigenvalue weighted by Crippen LogP contribution is 2.60. The standard InChI is InChI=1S/C33H32BrN9O3/c1-18-5-8-28(34)38-31(18)39-32(46)26-10-33(16-41-14-19(2)37-17-41)11-27(33)43(26)29(45)15-42-25-7-6-22(23-12-35-21(4)36-13-23)9-24(25)30(40-42)20(3)44/h5-9,12-14,17,26-27H,10-11,15-16H2,1-4H3,(H,38,39,46)/t26-,27?,33-/m0/s1. The van der Waals surface area contributed by atoms with Crippen LogP contribution in [0.1, 0.15) is 47.3 Å². The topological polar surface area (TPSA) is 141 Å². The molecule has 234 valence electrons. The number of aryl methyl sites for hydroxylation is 3. The van der Waals surface area contributed by atoms with Crippen LogP contribution in [0.25, 0.3) is 22.0 Å². The maximum absolute atomic E-state index is 14.2. The Morgan fingerprint density at radius 2 is 1.80 bits per heavy atom. The Hall–Kier alpha value is -4.78. The third kappa shape index (κ3) is 5.38. The lowest BCUT2D eigenvalue weighted by Crippen LogP contribution is -2.47. The van der Waals surface area contributed by atoms with Gasteiger partial charge in [0.2, 0.25) is 11.8 Å². The Bertz CT molecular complexity index is 2040. The third-order valence-electron chi connectivity index (χ3n) is 9.06. The number of piperidine rings is 1. The molecule has 4 aromatic heterocycles. The summed E-state index contributed by atoms with van der Waals surface area (Å²) in [5.74, 6) is 0.388. The van der Waals surface area contributed by atoms with Crippen molar-refractivity contribution in [2.24, 2.45) is 5.41 Å². The second-order valence-electron chi connectivity index (χ2n) is 12.4. The van der Waals surface area contributed by atoms with E-state index in [1.54, 1.807) is 28.3 Å². The van der Waals surface area contributed by atoms with E-state index in [0.717, 1.165) is 28.8 Å². The Balaban J connectivity index is 1.20. The normalized spacial score (nSPS) is 20.2. The van der Waals surface area contributed by atoms with Gasteiger partial charge in [0, 0.05) is 54.5 Å². The highest BCUT2D eigenvalue weighted by molar-refractivity contribution is 9.10. The fourth-order valence-corrected chi connectivity index (χ4v) is 6.99. The number of rotatable bonds is 8. The predicted octanol–water partition coefficient (Wildman–Crippen LogP) is 4.67. The van der Waals surface area contributed by atoms with Gasteiger partial charge in [-0.1, -0.05) is 12.1 Å². The van der Waals surface area contributed by atoms with Crippen LogP contribution in [-0.2, 0) is 22.7 Å². The van der Waals surface area contributed by atoms with Crippen molar-refractivity contribution in [2.75, 3.05) is 5.32 Å². The predicted molar refractivity (Wildman–Crippen MR) is 174 cm³/mol. The Labute approximate surface area is 273 Å². The summed E-state index contributed by atoms with van der Waals surface area (Å²) < 4.78 is 4.21. The molecule has 1 saturated carbocycles. The number of carbonyl (C=O) groups excluding carboxylic acids is 3. The van der Waals surface area contributed by atoms with Gasteiger partial charge in [-0.2, -0.15) is 5.10 Å². The lowest BCUT2D eigenvalue weighted by molar-refractivity contribution is -0.138. The average molecular weight is 683 g/mol. The number of hydrogen-bond acceptors (Lipinski definition) is 8. The first-order valence-corrected chi connectivity index (χ1v) is 15.8. The lowest BCUT2D eigenvalue weighted by atomic mass is 9.99. The fraction of sp³-hybridized carbons (Fsp3) is 0.333. The van der Waals surface area contributed by atoms with Crippen molar-refractivity contribution in [3.8, 4) is 11.1 Å². The van der Waals surface area contributed by atoms with Crippen molar-refractivity contribution in [3.63, 3.8) is 0 Å². The van der Waals surface area contributed by atoms with Gasteiger partial charge in [-0.15, -0.1) is 0 Å². The minimum absolute atomic E-state index is 0.114. The summed E-state index contributed by atoms with van der Waals surface area (Å²) >= 11 is 3.38. The van der Waals surface area contributed by atoms with Gasteiger partial charge in [0.25, 0.3) is 0 Å². The SMILES string of the molecule is CC(=O)c1nn(CC(=O)N2C3C[C@]3(Cn3cnc(C)c3)C[C@H]2C(=O)Nc2nc(Br)ccc2C)c2ccc(-c3cnc(C)nc3)cc12. The first kappa shape index (κ1) is 29.9. The number of Topliss-reactive ketones (excluding diaryl/α,β-unsaturated/α-hetero) is 1. The van der Waals surface area contributed by atoms with E-state index in [9.17, 15) is 14.4 Å². The van der Waals surface area contributed by atoms with Crippen molar-refractivity contribution >= 4 is 50.2 Å². The Morgan fingerprint density at radius 3 is 2.52 bits per heavy atom. The van der Waals surface area contributed by atoms with Crippen LogP contribution in [0.2, 0.25) is 0 Å². The molecule has 1 saturated heterocycles. The molecular formula is C33H32BrN9O3. The van der Waals surface area contributed by atoms with E-state index in [-0.39, 0.29) is 41.3 Å². The monoisotopic (exact) mass is 681 g/mol. The molecule has 0 radical (unpaired) electrons. The highest BCUT2D eigenvalue weighted by atomic mass is 79.9. The fourth-order valence-electron chi connectivity index (χ4n) is 6.68. The number of imidazole rings is 1. The first-order chi connectivity index (χ1) is 22.0. The summed E-state index contributed by atoms with van der Waals surface area (Å²) in [5.41, 5.74) is 4.07. The van der Waals surface area contributed by atoms with E-state index >= 15 is 0 Å². The van der Waals surface area contributed by atoms with Gasteiger partial charge < -0.3 is 14.8 Å². The van der Waals surface area contributed by atoms with Crippen LogP contribution < -0.4 is 5.32 Å². The molecule has 1 unspecified atom stereocenters. The molecule has 1 N–H and O–H groups in total. The number of anilines is 1. The number of pyridine rings is 1. The van der Waals surface area contributed by atoms with Gasteiger partial charge in [0.05, 0.1) is 17.5 Å². The number of carbonyl (C=O) groups is 3. The second kappa shape index (κ2) is 11.2. The summed E-state index contributed by atoms with van der Waals surface area (Å²) in [6.07, 6.45) is 8.55. The molecule has 3 atom stereocenters. The van der Waals surface area contributed by atoms with Gasteiger partial charge in [0.15, 0.2) is 5.78 Å². The van der Waals surface area contributed by atoms with Gasteiger partial charge in [-0.3, -0.25) is 19.1 Å². The molecule has 1 aliphatic heterocycles. The molecule has 7 rings (SSSR count). The molecule has 2 aliphatic rings. The molecule has 46 heavy (non-hydrogen) atoms. The van der Waals surface area contributed by atoms with Crippen LogP contribution in [0, 0.1) is 26.2 Å². The number of nitrogens with one attached hydrogen (secondary N) is 1. The maximum Gasteiger partial charge on any atom is 0.248 e. The number of likely N-dealkylation sites (tertiary alicyclic amines) is 1. The molecule has 0 bridgehead atoms. The van der Waals surface area contributed by atoms with E-state index in [0.29, 0.717) is 40.1 Å². The zero-order valence-electron chi connectivity index (χ0n) is 25.9. The average Bonchev–Trinajstić information content (AvgIpc) is 3.27. The van der Waals surface area contributed by atoms with Gasteiger partial charge >= 0.3 is 0 Å².